The normalized spacial score (nSPS) is 18.4. The first kappa shape index (κ1) is 20.9. The van der Waals surface area contributed by atoms with Gasteiger partial charge in [0.1, 0.15) is 17.2 Å². The third-order valence-corrected chi connectivity index (χ3v) is 6.69. The van der Waals surface area contributed by atoms with E-state index in [9.17, 15) is 10.1 Å². The molecular formula is C23H23N3O4S. The van der Waals surface area contributed by atoms with Crippen LogP contribution in [0.4, 0.5) is 5.69 Å². The average Bonchev–Trinajstić information content (AvgIpc) is 2.83. The van der Waals surface area contributed by atoms with E-state index in [1.54, 1.807) is 32.3 Å². The number of carbonyl (C=O) groups excluding carboxylic acids is 1. The summed E-state index contributed by atoms with van der Waals surface area (Å²) in [4.78, 5) is 17.0. The van der Waals surface area contributed by atoms with Gasteiger partial charge in [-0.2, -0.15) is 5.26 Å². The lowest BCUT2D eigenvalue weighted by Gasteiger charge is -2.42. The van der Waals surface area contributed by atoms with E-state index in [0.29, 0.717) is 34.6 Å². The molecule has 0 spiro atoms. The number of anilines is 1. The van der Waals surface area contributed by atoms with Gasteiger partial charge in [-0.3, -0.25) is 9.69 Å². The number of hydrogen-bond acceptors (Lipinski definition) is 7. The molecular weight excluding hydrogens is 414 g/mol. The molecule has 0 N–H and O–H groups in total. The maximum absolute atomic E-state index is 13.2. The molecule has 8 heteroatoms. The highest BCUT2D eigenvalue weighted by Gasteiger charge is 2.39. The number of methoxy groups -OCH3 is 3. The fourth-order valence-electron chi connectivity index (χ4n) is 3.98. The Morgan fingerprint density at radius 1 is 1.06 bits per heavy atom. The summed E-state index contributed by atoms with van der Waals surface area (Å²) in [6.45, 7) is 0.370. The predicted molar refractivity (Wildman–Crippen MR) is 119 cm³/mol. The number of ether oxygens (including phenoxy) is 3. The van der Waals surface area contributed by atoms with Crippen LogP contribution in [0.25, 0.3) is 0 Å². The van der Waals surface area contributed by atoms with Crippen molar-refractivity contribution in [2.75, 3.05) is 38.8 Å². The second-order valence-electron chi connectivity index (χ2n) is 7.14. The zero-order chi connectivity index (χ0) is 22.0. The topological polar surface area (TPSA) is 75.0 Å². The van der Waals surface area contributed by atoms with Crippen molar-refractivity contribution in [3.8, 4) is 23.3 Å². The first-order valence-electron chi connectivity index (χ1n) is 9.78. The van der Waals surface area contributed by atoms with Crippen molar-refractivity contribution in [3.05, 3.63) is 58.6 Å². The van der Waals surface area contributed by atoms with Gasteiger partial charge in [-0.05, 0) is 30.3 Å². The Balaban J connectivity index is 1.71. The first-order valence-corrected chi connectivity index (χ1v) is 10.8. The molecule has 1 saturated heterocycles. The van der Waals surface area contributed by atoms with Gasteiger partial charge in [0.2, 0.25) is 5.91 Å². The molecule has 0 aliphatic carbocycles. The van der Waals surface area contributed by atoms with Crippen molar-refractivity contribution in [2.24, 2.45) is 0 Å². The Kier molecular flexibility index (Phi) is 5.96. The molecule has 2 heterocycles. The Bertz CT molecular complexity index is 1080. The third-order valence-electron chi connectivity index (χ3n) is 5.53. The lowest BCUT2D eigenvalue weighted by Crippen LogP contribution is -2.47. The van der Waals surface area contributed by atoms with Crippen LogP contribution in [-0.2, 0) is 4.79 Å². The monoisotopic (exact) mass is 437 g/mol. The smallest absolute Gasteiger partial charge is 0.229 e. The molecule has 2 aromatic carbocycles. The molecule has 0 aromatic heterocycles. The molecule has 4 rings (SSSR count). The molecule has 7 nitrogen and oxygen atoms in total. The van der Waals surface area contributed by atoms with Gasteiger partial charge in [-0.25, -0.2) is 0 Å². The van der Waals surface area contributed by atoms with Crippen LogP contribution in [0.15, 0.2) is 53.1 Å². The van der Waals surface area contributed by atoms with E-state index in [1.807, 2.05) is 36.4 Å². The van der Waals surface area contributed by atoms with Crippen molar-refractivity contribution in [1.29, 1.82) is 5.26 Å². The highest BCUT2D eigenvalue weighted by Crippen LogP contribution is 2.46. The number of fused-ring (bicyclic) bond motifs is 1. The molecule has 1 amide bonds. The van der Waals surface area contributed by atoms with Crippen LogP contribution < -0.4 is 19.1 Å². The van der Waals surface area contributed by atoms with Crippen molar-refractivity contribution >= 4 is 23.4 Å². The SMILES string of the molecule is COc1ccc(OC)c(C2CC(=O)N3CN(c4ccccc4OC)CSC3=C2C#N)c1. The number of thioether (sulfide) groups is 1. The second kappa shape index (κ2) is 8.82. The zero-order valence-corrected chi connectivity index (χ0v) is 18.4. The maximum atomic E-state index is 13.2. The van der Waals surface area contributed by atoms with Crippen molar-refractivity contribution in [3.63, 3.8) is 0 Å². The van der Waals surface area contributed by atoms with E-state index < -0.39 is 0 Å². The van der Waals surface area contributed by atoms with E-state index in [0.717, 1.165) is 17.0 Å². The molecule has 31 heavy (non-hydrogen) atoms. The second-order valence-corrected chi connectivity index (χ2v) is 8.08. The number of rotatable bonds is 5. The molecule has 0 radical (unpaired) electrons. The van der Waals surface area contributed by atoms with Crippen LogP contribution in [0.5, 0.6) is 17.2 Å². The molecule has 2 aliphatic heterocycles. The summed E-state index contributed by atoms with van der Waals surface area (Å²) in [7, 11) is 4.81. The van der Waals surface area contributed by atoms with Crippen LogP contribution in [-0.4, -0.2) is 44.7 Å². The van der Waals surface area contributed by atoms with Crippen LogP contribution in [0.3, 0.4) is 0 Å². The summed E-state index contributed by atoms with van der Waals surface area (Å²) in [5.41, 5.74) is 2.28. The lowest BCUT2D eigenvalue weighted by atomic mass is 9.86. The predicted octanol–water partition coefficient (Wildman–Crippen LogP) is 3.93. The van der Waals surface area contributed by atoms with Gasteiger partial charge < -0.3 is 19.1 Å². The number of para-hydroxylation sites is 2. The van der Waals surface area contributed by atoms with Gasteiger partial charge in [0.25, 0.3) is 0 Å². The van der Waals surface area contributed by atoms with E-state index in [2.05, 4.69) is 11.0 Å². The first-order chi connectivity index (χ1) is 15.1. The number of amides is 1. The van der Waals surface area contributed by atoms with E-state index in [-0.39, 0.29) is 18.2 Å². The fraction of sp³-hybridized carbons (Fsp3) is 0.304. The largest absolute Gasteiger partial charge is 0.497 e. The minimum atomic E-state index is -0.376. The van der Waals surface area contributed by atoms with Gasteiger partial charge in [-0.15, -0.1) is 0 Å². The number of allylic oxidation sites excluding steroid dienone is 1. The maximum Gasteiger partial charge on any atom is 0.229 e. The molecule has 1 unspecified atom stereocenters. The Labute approximate surface area is 185 Å². The Morgan fingerprint density at radius 2 is 1.84 bits per heavy atom. The van der Waals surface area contributed by atoms with Gasteiger partial charge in [-0.1, -0.05) is 23.9 Å². The van der Waals surface area contributed by atoms with Crippen LogP contribution >= 0.6 is 11.8 Å². The molecule has 1 fully saturated rings. The number of nitrogens with zero attached hydrogens (tertiary/aromatic N) is 3. The van der Waals surface area contributed by atoms with Crippen molar-refractivity contribution in [2.45, 2.75) is 12.3 Å². The van der Waals surface area contributed by atoms with Crippen LogP contribution in [0.2, 0.25) is 0 Å². The van der Waals surface area contributed by atoms with Gasteiger partial charge in [0.05, 0.1) is 56.2 Å². The number of benzene rings is 2. The van der Waals surface area contributed by atoms with Crippen molar-refractivity contribution in [1.82, 2.24) is 4.90 Å². The summed E-state index contributed by atoms with van der Waals surface area (Å²) >= 11 is 1.49. The van der Waals surface area contributed by atoms with Gasteiger partial charge in [0, 0.05) is 17.9 Å². The molecule has 2 aliphatic rings. The number of carbonyl (C=O) groups is 1. The highest BCUT2D eigenvalue weighted by atomic mass is 32.2. The Hall–Kier alpha value is -3.31. The number of nitriles is 1. The van der Waals surface area contributed by atoms with E-state index in [4.69, 9.17) is 14.2 Å². The summed E-state index contributed by atoms with van der Waals surface area (Å²) in [6, 6.07) is 15.5. The molecule has 1 atom stereocenters. The quantitative estimate of drug-likeness (QED) is 0.701. The summed E-state index contributed by atoms with van der Waals surface area (Å²) < 4.78 is 16.4. The fourth-order valence-corrected chi connectivity index (χ4v) is 5.14. The van der Waals surface area contributed by atoms with Gasteiger partial charge in [0.15, 0.2) is 0 Å². The minimum Gasteiger partial charge on any atom is -0.497 e. The van der Waals surface area contributed by atoms with Gasteiger partial charge >= 0.3 is 0 Å². The molecule has 0 saturated carbocycles. The Morgan fingerprint density at radius 3 is 2.55 bits per heavy atom. The van der Waals surface area contributed by atoms with Crippen LogP contribution in [0.1, 0.15) is 17.9 Å². The minimum absolute atomic E-state index is 0.0315. The molecule has 0 bridgehead atoms. The number of hydrogen-bond donors (Lipinski definition) is 0. The van der Waals surface area contributed by atoms with Crippen LogP contribution in [0, 0.1) is 11.3 Å². The lowest BCUT2D eigenvalue weighted by molar-refractivity contribution is -0.129. The zero-order valence-electron chi connectivity index (χ0n) is 17.6. The van der Waals surface area contributed by atoms with E-state index in [1.165, 1.54) is 11.8 Å². The van der Waals surface area contributed by atoms with Crippen molar-refractivity contribution < 1.29 is 19.0 Å². The third kappa shape index (κ3) is 3.77. The average molecular weight is 438 g/mol. The summed E-state index contributed by atoms with van der Waals surface area (Å²) in [5.74, 6) is 2.24. The molecule has 2 aromatic rings. The summed E-state index contributed by atoms with van der Waals surface area (Å²) in [6.07, 6.45) is 0.191. The van der Waals surface area contributed by atoms with E-state index >= 15 is 0 Å². The standard InChI is InChI=1S/C23H23N3O4S/c1-28-15-8-9-20(29-2)17(10-15)16-11-22(27)26-13-25(14-31-23(26)18(16)12-24)19-6-4-5-7-21(19)30-3/h4-10,16H,11,13-14H2,1-3H3. The highest BCUT2D eigenvalue weighted by molar-refractivity contribution is 8.03. The summed E-state index contributed by atoms with van der Waals surface area (Å²) in [5, 5.41) is 10.7. The molecule has 160 valence electrons.